The number of carbonyl (C=O) groups is 2. The number of carboxylic acids is 1. The predicted molar refractivity (Wildman–Crippen MR) is 103 cm³/mol. The maximum atomic E-state index is 11.5. The number of carboxylic acid groups (broad SMARTS) is 1. The van der Waals surface area contributed by atoms with Crippen molar-refractivity contribution >= 4 is 11.9 Å². The Balaban J connectivity index is 3.36. The van der Waals surface area contributed by atoms with E-state index in [4.69, 9.17) is 20.7 Å². The second kappa shape index (κ2) is 17.3. The molecule has 0 aliphatic heterocycles. The topological polar surface area (TPSA) is 110 Å². The molecule has 0 bridgehead atoms. The van der Waals surface area contributed by atoms with Gasteiger partial charge in [0.2, 0.25) is 0 Å². The van der Waals surface area contributed by atoms with Gasteiger partial charge in [-0.25, -0.2) is 0 Å². The minimum atomic E-state index is -1.74. The lowest BCUT2D eigenvalue weighted by atomic mass is 10.0. The molecule has 0 amide bonds. The molecule has 26 heavy (non-hydrogen) atoms. The summed E-state index contributed by atoms with van der Waals surface area (Å²) in [6.45, 7) is 2.42. The van der Waals surface area contributed by atoms with Crippen molar-refractivity contribution in [3.05, 3.63) is 0 Å². The van der Waals surface area contributed by atoms with Crippen molar-refractivity contribution in [1.29, 1.82) is 0 Å². The lowest BCUT2D eigenvalue weighted by Crippen LogP contribution is -2.41. The second-order valence-corrected chi connectivity index (χ2v) is 7.07. The molecule has 0 aromatic rings. The van der Waals surface area contributed by atoms with Gasteiger partial charge < -0.3 is 20.7 Å². The van der Waals surface area contributed by atoms with E-state index in [1.807, 2.05) is 0 Å². The highest BCUT2D eigenvalue weighted by atomic mass is 16.5. The van der Waals surface area contributed by atoms with Crippen LogP contribution in [0.5, 0.6) is 0 Å². The standard InChI is InChI=1S/C20H39NO5/c1-2-3-4-5-6-7-8-9-10-11-12-13-14-15-16-26-20(25)17(18(21)22)19(23)24/h17-18,22H,2-16,21H2,1H3,(H,23,24). The summed E-state index contributed by atoms with van der Waals surface area (Å²) in [6.07, 6.45) is 15.6. The molecule has 4 N–H and O–H groups in total. The number of rotatable bonds is 18. The van der Waals surface area contributed by atoms with E-state index in [9.17, 15) is 9.59 Å². The Morgan fingerprint density at radius 1 is 0.808 bits per heavy atom. The number of hydrogen-bond acceptors (Lipinski definition) is 5. The van der Waals surface area contributed by atoms with Gasteiger partial charge in [0.05, 0.1) is 6.61 Å². The number of ether oxygens (including phenoxy) is 1. The summed E-state index contributed by atoms with van der Waals surface area (Å²) >= 11 is 0. The summed E-state index contributed by atoms with van der Waals surface area (Å²) in [4.78, 5) is 22.3. The van der Waals surface area contributed by atoms with Crippen molar-refractivity contribution in [2.75, 3.05) is 6.61 Å². The number of unbranched alkanes of at least 4 members (excludes halogenated alkanes) is 13. The van der Waals surface area contributed by atoms with Crippen LogP contribution >= 0.6 is 0 Å². The van der Waals surface area contributed by atoms with Crippen LogP contribution < -0.4 is 5.73 Å². The Bertz CT molecular complexity index is 360. The SMILES string of the molecule is CCCCCCCCCCCCCCCCOC(=O)C(C(=O)O)C(N)O. The average Bonchev–Trinajstić information content (AvgIpc) is 2.57. The molecule has 0 saturated heterocycles. The first-order valence-electron chi connectivity index (χ1n) is 10.3. The van der Waals surface area contributed by atoms with Crippen LogP contribution in [-0.4, -0.2) is 35.0 Å². The van der Waals surface area contributed by atoms with E-state index >= 15 is 0 Å². The van der Waals surface area contributed by atoms with Gasteiger partial charge in [-0.3, -0.25) is 9.59 Å². The fraction of sp³-hybridized carbons (Fsp3) is 0.900. The fourth-order valence-electron chi connectivity index (χ4n) is 2.95. The van der Waals surface area contributed by atoms with Crippen LogP contribution in [0.3, 0.4) is 0 Å². The molecule has 0 fully saturated rings. The van der Waals surface area contributed by atoms with Gasteiger partial charge in [0, 0.05) is 0 Å². The summed E-state index contributed by atoms with van der Waals surface area (Å²) < 4.78 is 4.87. The highest BCUT2D eigenvalue weighted by molar-refractivity contribution is 5.94. The van der Waals surface area contributed by atoms with Crippen LogP contribution in [0.2, 0.25) is 0 Å². The summed E-state index contributed by atoms with van der Waals surface area (Å²) in [6, 6.07) is 0. The first-order chi connectivity index (χ1) is 12.5. The number of aliphatic hydroxyl groups excluding tert-OH is 1. The van der Waals surface area contributed by atoms with Gasteiger partial charge in [0.1, 0.15) is 6.23 Å². The van der Waals surface area contributed by atoms with E-state index in [2.05, 4.69) is 6.92 Å². The maximum absolute atomic E-state index is 11.5. The Kier molecular flexibility index (Phi) is 16.5. The van der Waals surface area contributed by atoms with E-state index in [1.54, 1.807) is 0 Å². The number of hydrogen-bond donors (Lipinski definition) is 3. The van der Waals surface area contributed by atoms with Gasteiger partial charge in [-0.2, -0.15) is 0 Å². The molecule has 0 aliphatic rings. The lowest BCUT2D eigenvalue weighted by molar-refractivity contribution is -0.163. The van der Waals surface area contributed by atoms with Gasteiger partial charge in [0.15, 0.2) is 5.92 Å². The first kappa shape index (κ1) is 24.9. The van der Waals surface area contributed by atoms with Gasteiger partial charge in [-0.15, -0.1) is 0 Å². The molecule has 0 rings (SSSR count). The Morgan fingerprint density at radius 3 is 1.54 bits per heavy atom. The highest BCUT2D eigenvalue weighted by Gasteiger charge is 2.33. The molecule has 0 aliphatic carbocycles. The number of carbonyl (C=O) groups excluding carboxylic acids is 1. The first-order valence-corrected chi connectivity index (χ1v) is 10.3. The minimum absolute atomic E-state index is 0.174. The van der Waals surface area contributed by atoms with Crippen LogP contribution in [0, 0.1) is 5.92 Å². The van der Waals surface area contributed by atoms with Crippen molar-refractivity contribution < 1.29 is 24.5 Å². The number of esters is 1. The van der Waals surface area contributed by atoms with E-state index < -0.39 is 24.1 Å². The summed E-state index contributed by atoms with van der Waals surface area (Å²) in [5.74, 6) is -4.14. The number of aliphatic carboxylic acids is 1. The molecule has 6 heteroatoms. The van der Waals surface area contributed by atoms with Gasteiger partial charge >= 0.3 is 11.9 Å². The predicted octanol–water partition coefficient (Wildman–Crippen LogP) is 3.99. The van der Waals surface area contributed by atoms with Crippen LogP contribution in [0.1, 0.15) is 96.8 Å². The van der Waals surface area contributed by atoms with Crippen LogP contribution in [0.25, 0.3) is 0 Å². The molecule has 0 radical (unpaired) electrons. The van der Waals surface area contributed by atoms with Crippen LogP contribution in [0.4, 0.5) is 0 Å². The average molecular weight is 374 g/mol. The Hall–Kier alpha value is -1.14. The third kappa shape index (κ3) is 14.1. The van der Waals surface area contributed by atoms with Crippen LogP contribution in [-0.2, 0) is 14.3 Å². The van der Waals surface area contributed by atoms with Crippen molar-refractivity contribution in [2.45, 2.75) is 103 Å². The third-order valence-corrected chi connectivity index (χ3v) is 4.60. The van der Waals surface area contributed by atoms with Gasteiger partial charge in [0.25, 0.3) is 0 Å². The van der Waals surface area contributed by atoms with E-state index in [0.717, 1.165) is 12.8 Å². The van der Waals surface area contributed by atoms with E-state index in [-0.39, 0.29) is 6.61 Å². The molecular weight excluding hydrogens is 334 g/mol. The Morgan fingerprint density at radius 2 is 1.19 bits per heavy atom. The maximum Gasteiger partial charge on any atom is 0.324 e. The van der Waals surface area contributed by atoms with Crippen molar-refractivity contribution in [2.24, 2.45) is 11.7 Å². The largest absolute Gasteiger partial charge is 0.480 e. The molecule has 154 valence electrons. The summed E-state index contributed by atoms with van der Waals surface area (Å²) in [5.41, 5.74) is 5.07. The zero-order valence-electron chi connectivity index (χ0n) is 16.5. The molecular formula is C20H39NO5. The quantitative estimate of drug-likeness (QED) is 0.145. The van der Waals surface area contributed by atoms with Crippen molar-refractivity contribution in [1.82, 2.24) is 0 Å². The molecule has 0 aromatic heterocycles. The summed E-state index contributed by atoms with van der Waals surface area (Å²) in [5, 5.41) is 17.9. The summed E-state index contributed by atoms with van der Waals surface area (Å²) in [7, 11) is 0. The monoisotopic (exact) mass is 373 g/mol. The zero-order valence-corrected chi connectivity index (χ0v) is 16.5. The van der Waals surface area contributed by atoms with Gasteiger partial charge in [-0.1, -0.05) is 90.4 Å². The van der Waals surface area contributed by atoms with Gasteiger partial charge in [-0.05, 0) is 6.42 Å². The normalized spacial score (nSPS) is 13.3. The second-order valence-electron chi connectivity index (χ2n) is 7.07. The van der Waals surface area contributed by atoms with Crippen molar-refractivity contribution in [3.8, 4) is 0 Å². The number of nitrogens with two attached hydrogens (primary N) is 1. The molecule has 2 atom stereocenters. The number of aliphatic hydroxyl groups is 1. The molecule has 0 heterocycles. The fourth-order valence-corrected chi connectivity index (χ4v) is 2.95. The third-order valence-electron chi connectivity index (χ3n) is 4.60. The van der Waals surface area contributed by atoms with E-state index in [0.29, 0.717) is 6.42 Å². The van der Waals surface area contributed by atoms with Crippen molar-refractivity contribution in [3.63, 3.8) is 0 Å². The van der Waals surface area contributed by atoms with Crippen LogP contribution in [0.15, 0.2) is 0 Å². The Labute approximate surface area is 158 Å². The van der Waals surface area contributed by atoms with E-state index in [1.165, 1.54) is 70.6 Å². The minimum Gasteiger partial charge on any atom is -0.480 e. The molecule has 0 saturated carbocycles. The molecule has 0 spiro atoms. The molecule has 6 nitrogen and oxygen atoms in total. The zero-order chi connectivity index (χ0) is 19.6. The lowest BCUT2D eigenvalue weighted by Gasteiger charge is -2.14. The molecule has 0 aromatic carbocycles. The molecule has 2 unspecified atom stereocenters. The smallest absolute Gasteiger partial charge is 0.324 e. The highest BCUT2D eigenvalue weighted by Crippen LogP contribution is 2.13.